The normalized spacial score (nSPS) is 11.9. The van der Waals surface area contributed by atoms with Crippen LogP contribution >= 0.6 is 0 Å². The van der Waals surface area contributed by atoms with Crippen molar-refractivity contribution in [3.8, 4) is 0 Å². The van der Waals surface area contributed by atoms with E-state index in [0.717, 1.165) is 11.5 Å². The molecular weight excluding hydrogens is 266 g/mol. The van der Waals surface area contributed by atoms with Gasteiger partial charge in [-0.15, -0.1) is 0 Å². The van der Waals surface area contributed by atoms with Crippen LogP contribution < -0.4 is 10.5 Å². The van der Waals surface area contributed by atoms with Crippen LogP contribution in [0.4, 0.5) is 0 Å². The van der Waals surface area contributed by atoms with Gasteiger partial charge in [-0.2, -0.15) is 0 Å². The third-order valence-corrected chi connectivity index (χ3v) is 4.20. The summed E-state index contributed by atoms with van der Waals surface area (Å²) >= 11 is 0. The Hall–Kier alpha value is -1.57. The van der Waals surface area contributed by atoms with Gasteiger partial charge in [-0.05, 0) is 25.1 Å². The van der Waals surface area contributed by atoms with E-state index in [-0.39, 0.29) is 11.4 Å². The Balaban J connectivity index is 2.13. The van der Waals surface area contributed by atoms with Crippen molar-refractivity contribution in [3.05, 3.63) is 41.6 Å². The molecule has 0 amide bonds. The third kappa shape index (κ3) is 3.06. The van der Waals surface area contributed by atoms with Crippen LogP contribution in [0.15, 0.2) is 33.7 Å². The van der Waals surface area contributed by atoms with Crippen LogP contribution in [-0.4, -0.2) is 13.0 Å². The van der Waals surface area contributed by atoms with Gasteiger partial charge in [0.15, 0.2) is 0 Å². The molecule has 0 atom stereocenters. The fourth-order valence-electron chi connectivity index (χ4n) is 1.76. The van der Waals surface area contributed by atoms with Gasteiger partial charge < -0.3 is 14.7 Å². The molecule has 0 aromatic carbocycles. The van der Waals surface area contributed by atoms with Crippen molar-refractivity contribution in [1.82, 2.24) is 9.29 Å². The minimum Gasteiger partial charge on any atom is -0.465 e. The average molecular weight is 283 g/mol. The minimum absolute atomic E-state index is 0.128. The van der Waals surface area contributed by atoms with Crippen molar-refractivity contribution in [2.24, 2.45) is 12.8 Å². The van der Waals surface area contributed by atoms with Crippen LogP contribution in [0.3, 0.4) is 0 Å². The molecule has 0 radical (unpaired) electrons. The molecule has 7 heteroatoms. The third-order valence-electron chi connectivity index (χ3n) is 2.83. The average Bonchev–Trinajstić information content (AvgIpc) is 2.93. The van der Waals surface area contributed by atoms with Crippen LogP contribution in [-0.2, 0) is 30.2 Å². The van der Waals surface area contributed by atoms with Crippen molar-refractivity contribution in [2.75, 3.05) is 0 Å². The van der Waals surface area contributed by atoms with Crippen molar-refractivity contribution >= 4 is 10.0 Å². The molecule has 2 rings (SSSR count). The van der Waals surface area contributed by atoms with E-state index in [2.05, 4.69) is 4.72 Å². The van der Waals surface area contributed by atoms with Gasteiger partial charge in [-0.3, -0.25) is 0 Å². The van der Waals surface area contributed by atoms with E-state index < -0.39 is 10.0 Å². The summed E-state index contributed by atoms with van der Waals surface area (Å²) in [6, 6.07) is 5.10. The van der Waals surface area contributed by atoms with E-state index in [1.165, 1.54) is 6.20 Å². The van der Waals surface area contributed by atoms with Gasteiger partial charge in [0.2, 0.25) is 10.0 Å². The van der Waals surface area contributed by atoms with Crippen molar-refractivity contribution in [3.63, 3.8) is 0 Å². The first kappa shape index (κ1) is 13.9. The van der Waals surface area contributed by atoms with E-state index >= 15 is 0 Å². The summed E-state index contributed by atoms with van der Waals surface area (Å²) < 4.78 is 33.7. The molecule has 0 unspecified atom stereocenters. The van der Waals surface area contributed by atoms with Gasteiger partial charge in [-0.1, -0.05) is 0 Å². The maximum atomic E-state index is 12.1. The lowest BCUT2D eigenvalue weighted by Crippen LogP contribution is -2.22. The molecule has 0 aliphatic carbocycles. The molecule has 104 valence electrons. The van der Waals surface area contributed by atoms with Crippen molar-refractivity contribution in [2.45, 2.75) is 24.9 Å². The second-order valence-electron chi connectivity index (χ2n) is 4.32. The standard InChI is InChI=1S/C12H17N3O3S/c1-9-3-4-11(18-9)7-14-19(16,17)12-5-10(6-13)15(2)8-12/h3-5,8,14H,6-7,13H2,1-2H3. The summed E-state index contributed by atoms with van der Waals surface area (Å²) in [4.78, 5) is 0.207. The molecule has 0 fully saturated rings. The van der Waals surface area contributed by atoms with Crippen LogP contribution in [0.2, 0.25) is 0 Å². The number of nitrogens with two attached hydrogens (primary N) is 1. The summed E-state index contributed by atoms with van der Waals surface area (Å²) in [7, 11) is -1.79. The van der Waals surface area contributed by atoms with E-state index in [0.29, 0.717) is 12.3 Å². The first-order valence-electron chi connectivity index (χ1n) is 5.82. The predicted molar refractivity (Wildman–Crippen MR) is 70.8 cm³/mol. The summed E-state index contributed by atoms with van der Waals surface area (Å²) in [5.41, 5.74) is 6.28. The second kappa shape index (κ2) is 5.20. The molecular formula is C12H17N3O3S. The Morgan fingerprint density at radius 3 is 2.68 bits per heavy atom. The van der Waals surface area contributed by atoms with Gasteiger partial charge >= 0.3 is 0 Å². The minimum atomic E-state index is -3.55. The van der Waals surface area contributed by atoms with Crippen LogP contribution in [0.5, 0.6) is 0 Å². The number of hydrogen-bond donors (Lipinski definition) is 2. The number of nitrogens with one attached hydrogen (secondary N) is 1. The highest BCUT2D eigenvalue weighted by Gasteiger charge is 2.17. The Labute approximate surface area is 112 Å². The summed E-state index contributed by atoms with van der Waals surface area (Å²) in [5.74, 6) is 1.33. The highest BCUT2D eigenvalue weighted by molar-refractivity contribution is 7.89. The van der Waals surface area contributed by atoms with Gasteiger partial charge in [0.1, 0.15) is 11.5 Å². The number of furan rings is 1. The summed E-state index contributed by atoms with van der Waals surface area (Å²) in [5, 5.41) is 0. The highest BCUT2D eigenvalue weighted by Crippen LogP contribution is 2.14. The molecule has 19 heavy (non-hydrogen) atoms. The number of rotatable bonds is 5. The van der Waals surface area contributed by atoms with Crippen molar-refractivity contribution < 1.29 is 12.8 Å². The lowest BCUT2D eigenvalue weighted by Gasteiger charge is -2.02. The zero-order valence-electron chi connectivity index (χ0n) is 10.9. The topological polar surface area (TPSA) is 90.3 Å². The molecule has 0 saturated heterocycles. The Morgan fingerprint density at radius 2 is 2.16 bits per heavy atom. The lowest BCUT2D eigenvalue weighted by molar-refractivity contribution is 0.475. The molecule has 2 aromatic rings. The number of nitrogens with zero attached hydrogens (tertiary/aromatic N) is 1. The summed E-state index contributed by atoms with van der Waals surface area (Å²) in [6.07, 6.45) is 1.54. The van der Waals surface area contributed by atoms with Gasteiger partial charge in [0.05, 0.1) is 11.4 Å². The first-order valence-corrected chi connectivity index (χ1v) is 7.31. The molecule has 0 spiro atoms. The molecule has 3 N–H and O–H groups in total. The number of aryl methyl sites for hydroxylation is 2. The smallest absolute Gasteiger partial charge is 0.242 e. The summed E-state index contributed by atoms with van der Waals surface area (Å²) in [6.45, 7) is 2.23. The molecule has 2 heterocycles. The molecule has 0 bridgehead atoms. The fraction of sp³-hybridized carbons (Fsp3) is 0.333. The highest BCUT2D eigenvalue weighted by atomic mass is 32.2. The van der Waals surface area contributed by atoms with E-state index in [1.807, 2.05) is 6.92 Å². The van der Waals surface area contributed by atoms with Crippen LogP contribution in [0.1, 0.15) is 17.2 Å². The Morgan fingerprint density at radius 1 is 1.42 bits per heavy atom. The van der Waals surface area contributed by atoms with Gasteiger partial charge in [0, 0.05) is 25.5 Å². The van der Waals surface area contributed by atoms with Crippen LogP contribution in [0, 0.1) is 6.92 Å². The van der Waals surface area contributed by atoms with Crippen LogP contribution in [0.25, 0.3) is 0 Å². The van der Waals surface area contributed by atoms with E-state index in [1.54, 1.807) is 29.8 Å². The molecule has 0 saturated carbocycles. The zero-order chi connectivity index (χ0) is 14.0. The monoisotopic (exact) mass is 283 g/mol. The lowest BCUT2D eigenvalue weighted by atomic mass is 10.4. The fourth-order valence-corrected chi connectivity index (χ4v) is 2.84. The maximum absolute atomic E-state index is 12.1. The molecule has 6 nitrogen and oxygen atoms in total. The predicted octanol–water partition coefficient (Wildman–Crippen LogP) is 0.864. The van der Waals surface area contributed by atoms with E-state index in [9.17, 15) is 8.42 Å². The van der Waals surface area contributed by atoms with Gasteiger partial charge in [-0.25, -0.2) is 13.1 Å². The molecule has 0 aliphatic heterocycles. The Bertz CT molecular complexity index is 670. The second-order valence-corrected chi connectivity index (χ2v) is 6.09. The SMILES string of the molecule is Cc1ccc(CNS(=O)(=O)c2cc(CN)n(C)c2)o1. The molecule has 0 aliphatic rings. The number of hydrogen-bond acceptors (Lipinski definition) is 4. The van der Waals surface area contributed by atoms with Crippen molar-refractivity contribution in [1.29, 1.82) is 0 Å². The first-order chi connectivity index (χ1) is 8.92. The largest absolute Gasteiger partial charge is 0.465 e. The van der Waals surface area contributed by atoms with Gasteiger partial charge in [0.25, 0.3) is 0 Å². The number of sulfonamides is 1. The molecule has 2 aromatic heterocycles. The van der Waals surface area contributed by atoms with E-state index in [4.69, 9.17) is 10.2 Å². The quantitative estimate of drug-likeness (QED) is 0.851. The zero-order valence-corrected chi connectivity index (χ0v) is 11.7. The Kier molecular flexibility index (Phi) is 3.79. The maximum Gasteiger partial charge on any atom is 0.242 e. The number of aromatic nitrogens is 1.